The molecule has 2 fully saturated rings. The first-order chi connectivity index (χ1) is 19.5. The number of carbonyl (C=O) groups is 3. The number of halogens is 3. The van der Waals surface area contributed by atoms with Crippen LogP contribution in [-0.2, 0) is 14.4 Å². The molecule has 1 saturated heterocycles. The molecule has 8 nitrogen and oxygen atoms in total. The van der Waals surface area contributed by atoms with Gasteiger partial charge in [-0.05, 0) is 49.2 Å². The van der Waals surface area contributed by atoms with Crippen LogP contribution in [-0.4, -0.2) is 46.8 Å². The molecule has 1 N–H and O–H groups in total. The van der Waals surface area contributed by atoms with Gasteiger partial charge in [0.2, 0.25) is 11.8 Å². The topological polar surface area (TPSA) is 106 Å². The minimum atomic E-state index is -2.90. The van der Waals surface area contributed by atoms with E-state index in [9.17, 15) is 32.8 Å². The fourth-order valence-electron chi connectivity index (χ4n) is 4.89. The smallest absolute Gasteiger partial charge is 0.252 e. The third kappa shape index (κ3) is 6.54. The molecule has 212 valence electrons. The van der Waals surface area contributed by atoms with E-state index in [4.69, 9.17) is 0 Å². The lowest BCUT2D eigenvalue weighted by Crippen LogP contribution is -2.59. The minimum absolute atomic E-state index is 0.00714. The van der Waals surface area contributed by atoms with Crippen molar-refractivity contribution in [1.29, 1.82) is 5.26 Å². The van der Waals surface area contributed by atoms with Crippen molar-refractivity contribution in [3.63, 3.8) is 0 Å². The quantitative estimate of drug-likeness (QED) is 0.449. The van der Waals surface area contributed by atoms with Gasteiger partial charge in [0.05, 0.1) is 11.6 Å². The van der Waals surface area contributed by atoms with E-state index in [1.54, 1.807) is 25.2 Å². The summed E-state index contributed by atoms with van der Waals surface area (Å²) in [5, 5.41) is 11.9. The van der Waals surface area contributed by atoms with Gasteiger partial charge in [0.1, 0.15) is 23.7 Å². The van der Waals surface area contributed by atoms with Crippen LogP contribution in [0.3, 0.4) is 0 Å². The average Bonchev–Trinajstić information content (AvgIpc) is 3.31. The standard InChI is InChI=1S/C30H28F3N5O3/c1-3-4-5-7-19(2)27(28(40)36-22-16-30(32,33)17-22)37(23-9-6-8-21(31)15-23)29(41)24-10-11-26(39)38(24)25-14-20(18-34)12-13-35-25/h3-9,12-15,22,24,27H,2,10-11,16-17H2,1H3,(H,36,40)/b4-3-,7-5-/t24-,27-/m0/s1. The second kappa shape index (κ2) is 12.2. The molecule has 1 aliphatic heterocycles. The van der Waals surface area contributed by atoms with Crippen LogP contribution < -0.4 is 15.1 Å². The zero-order valence-corrected chi connectivity index (χ0v) is 22.3. The Morgan fingerprint density at radius 2 is 2.02 bits per heavy atom. The third-order valence-electron chi connectivity index (χ3n) is 6.85. The van der Waals surface area contributed by atoms with Gasteiger partial charge < -0.3 is 5.32 Å². The van der Waals surface area contributed by atoms with E-state index < -0.39 is 60.4 Å². The number of pyridine rings is 1. The van der Waals surface area contributed by atoms with Gasteiger partial charge in [0.25, 0.3) is 11.8 Å². The monoisotopic (exact) mass is 563 g/mol. The Morgan fingerprint density at radius 3 is 2.68 bits per heavy atom. The maximum atomic E-state index is 14.5. The molecular formula is C30H28F3N5O3. The number of nitrogens with one attached hydrogen (secondary N) is 1. The Hall–Kier alpha value is -4.72. The highest BCUT2D eigenvalue weighted by molar-refractivity contribution is 6.11. The number of carbonyl (C=O) groups excluding carboxylic acids is 3. The summed E-state index contributed by atoms with van der Waals surface area (Å²) >= 11 is 0. The first kappa shape index (κ1) is 29.3. The van der Waals surface area contributed by atoms with Crippen LogP contribution >= 0.6 is 0 Å². The molecule has 1 saturated carbocycles. The molecule has 2 aliphatic rings. The summed E-state index contributed by atoms with van der Waals surface area (Å²) in [5.74, 6) is -5.44. The maximum Gasteiger partial charge on any atom is 0.252 e. The van der Waals surface area contributed by atoms with E-state index in [0.29, 0.717) is 0 Å². The number of rotatable bonds is 9. The average molecular weight is 564 g/mol. The molecule has 2 heterocycles. The van der Waals surface area contributed by atoms with E-state index in [-0.39, 0.29) is 35.5 Å². The lowest BCUT2D eigenvalue weighted by atomic mass is 9.87. The molecule has 41 heavy (non-hydrogen) atoms. The van der Waals surface area contributed by atoms with Crippen molar-refractivity contribution in [1.82, 2.24) is 10.3 Å². The van der Waals surface area contributed by atoms with Crippen LogP contribution in [0.2, 0.25) is 0 Å². The summed E-state index contributed by atoms with van der Waals surface area (Å²) < 4.78 is 41.5. The Kier molecular flexibility index (Phi) is 8.71. The maximum absolute atomic E-state index is 14.5. The number of anilines is 2. The lowest BCUT2D eigenvalue weighted by Gasteiger charge is -2.39. The fraction of sp³-hybridized carbons (Fsp3) is 0.300. The molecule has 1 aromatic carbocycles. The number of aromatic nitrogens is 1. The molecule has 2 atom stereocenters. The van der Waals surface area contributed by atoms with Gasteiger partial charge in [-0.15, -0.1) is 0 Å². The van der Waals surface area contributed by atoms with Crippen molar-refractivity contribution in [2.45, 2.75) is 56.7 Å². The van der Waals surface area contributed by atoms with Crippen LogP contribution in [0.5, 0.6) is 0 Å². The zero-order chi connectivity index (χ0) is 29.7. The molecule has 0 spiro atoms. The van der Waals surface area contributed by atoms with Crippen molar-refractivity contribution in [2.75, 3.05) is 9.80 Å². The Bertz CT molecular complexity index is 1460. The molecule has 1 aliphatic carbocycles. The zero-order valence-electron chi connectivity index (χ0n) is 22.3. The fourth-order valence-corrected chi connectivity index (χ4v) is 4.89. The van der Waals surface area contributed by atoms with Crippen LogP contribution in [0.25, 0.3) is 0 Å². The van der Waals surface area contributed by atoms with Gasteiger partial charge in [-0.2, -0.15) is 5.26 Å². The van der Waals surface area contributed by atoms with Crippen molar-refractivity contribution in [2.24, 2.45) is 0 Å². The minimum Gasteiger partial charge on any atom is -0.351 e. The van der Waals surface area contributed by atoms with Crippen LogP contribution in [0, 0.1) is 17.1 Å². The van der Waals surface area contributed by atoms with E-state index in [2.05, 4.69) is 16.9 Å². The largest absolute Gasteiger partial charge is 0.351 e. The molecule has 4 rings (SSSR count). The summed E-state index contributed by atoms with van der Waals surface area (Å²) in [7, 11) is 0. The molecule has 3 amide bonds. The second-order valence-corrected chi connectivity index (χ2v) is 9.85. The van der Waals surface area contributed by atoms with Gasteiger partial charge in [-0.1, -0.05) is 36.9 Å². The Morgan fingerprint density at radius 1 is 1.27 bits per heavy atom. The van der Waals surface area contributed by atoms with E-state index in [0.717, 1.165) is 15.9 Å². The number of hydrogen-bond acceptors (Lipinski definition) is 5. The van der Waals surface area contributed by atoms with Crippen molar-refractivity contribution >= 4 is 29.2 Å². The van der Waals surface area contributed by atoms with Gasteiger partial charge in [0, 0.05) is 37.2 Å². The van der Waals surface area contributed by atoms with Gasteiger partial charge in [-0.25, -0.2) is 18.2 Å². The Balaban J connectivity index is 1.78. The van der Waals surface area contributed by atoms with Gasteiger partial charge in [0.15, 0.2) is 0 Å². The van der Waals surface area contributed by atoms with Crippen molar-refractivity contribution in [3.05, 3.63) is 90.4 Å². The highest BCUT2D eigenvalue weighted by Gasteiger charge is 2.48. The molecule has 0 radical (unpaired) electrons. The van der Waals surface area contributed by atoms with Crippen LogP contribution in [0.4, 0.5) is 24.7 Å². The van der Waals surface area contributed by atoms with Gasteiger partial charge >= 0.3 is 0 Å². The molecule has 11 heteroatoms. The third-order valence-corrected chi connectivity index (χ3v) is 6.85. The highest BCUT2D eigenvalue weighted by atomic mass is 19.3. The van der Waals surface area contributed by atoms with Crippen LogP contribution in [0.1, 0.15) is 38.2 Å². The van der Waals surface area contributed by atoms with Crippen molar-refractivity contribution < 1.29 is 27.6 Å². The molecule has 2 aromatic rings. The number of benzene rings is 1. The summed E-state index contributed by atoms with van der Waals surface area (Å²) in [6.45, 7) is 5.75. The Labute approximate surface area is 235 Å². The summed E-state index contributed by atoms with van der Waals surface area (Å²) in [6, 6.07) is 6.38. The predicted molar refractivity (Wildman–Crippen MR) is 146 cm³/mol. The molecule has 0 bridgehead atoms. The predicted octanol–water partition coefficient (Wildman–Crippen LogP) is 4.59. The lowest BCUT2D eigenvalue weighted by molar-refractivity contribution is -0.132. The SMILES string of the molecule is C=C(/C=C\C=C/C)[C@@H](C(=O)NC1CC(F)(F)C1)N(C(=O)[C@@H]1CCC(=O)N1c1cc(C#N)ccn1)c1cccc(F)c1. The number of hydrogen-bond donors (Lipinski definition) is 1. The normalized spacial score (nSPS) is 19.1. The number of allylic oxidation sites excluding steroid dienone is 3. The van der Waals surface area contributed by atoms with Crippen LogP contribution in [0.15, 0.2) is 79.1 Å². The van der Waals surface area contributed by atoms with E-state index in [1.165, 1.54) is 42.6 Å². The highest BCUT2D eigenvalue weighted by Crippen LogP contribution is 2.38. The number of alkyl halides is 2. The number of nitriles is 1. The summed E-state index contributed by atoms with van der Waals surface area (Å²) in [5.41, 5.74) is 0.359. The molecular weight excluding hydrogens is 535 g/mol. The van der Waals surface area contributed by atoms with E-state index in [1.807, 2.05) is 6.07 Å². The summed E-state index contributed by atoms with van der Waals surface area (Å²) in [6.07, 6.45) is 6.78. The van der Waals surface area contributed by atoms with Crippen molar-refractivity contribution in [3.8, 4) is 6.07 Å². The summed E-state index contributed by atoms with van der Waals surface area (Å²) in [4.78, 5) is 47.3. The second-order valence-electron chi connectivity index (χ2n) is 9.85. The van der Waals surface area contributed by atoms with E-state index >= 15 is 0 Å². The molecule has 1 aromatic heterocycles. The first-order valence-electron chi connectivity index (χ1n) is 13.0. The number of amides is 3. The first-order valence-corrected chi connectivity index (χ1v) is 13.0. The van der Waals surface area contributed by atoms with Gasteiger partial charge in [-0.3, -0.25) is 24.2 Å². The molecule has 0 unspecified atom stereocenters. The number of nitrogens with zero attached hydrogens (tertiary/aromatic N) is 4.